The first-order valence-corrected chi connectivity index (χ1v) is 11.6. The molecule has 1 fully saturated rings. The Labute approximate surface area is 210 Å². The molecule has 0 saturated carbocycles. The summed E-state index contributed by atoms with van der Waals surface area (Å²) < 4.78 is 123. The van der Waals surface area contributed by atoms with Crippen LogP contribution in [0, 0.1) is 0 Å². The van der Waals surface area contributed by atoms with E-state index >= 15 is 0 Å². The minimum Gasteiger partial charge on any atom is -0.317 e. The van der Waals surface area contributed by atoms with Crippen molar-refractivity contribution in [2.24, 2.45) is 0 Å². The summed E-state index contributed by atoms with van der Waals surface area (Å²) in [6.45, 7) is 0.646. The van der Waals surface area contributed by atoms with Crippen molar-refractivity contribution >= 4 is 23.2 Å². The molecule has 1 amide bonds. The van der Waals surface area contributed by atoms with E-state index in [1.807, 2.05) is 0 Å². The molecule has 2 aliphatic heterocycles. The van der Waals surface area contributed by atoms with Crippen LogP contribution in [0.1, 0.15) is 52.7 Å². The van der Waals surface area contributed by atoms with Gasteiger partial charge < -0.3 is 10.2 Å². The van der Waals surface area contributed by atoms with E-state index in [2.05, 4.69) is 5.32 Å². The van der Waals surface area contributed by atoms with E-state index in [-0.39, 0.29) is 23.6 Å². The van der Waals surface area contributed by atoms with Crippen molar-refractivity contribution < 1.29 is 44.3 Å². The summed E-state index contributed by atoms with van der Waals surface area (Å²) >= 11 is 6.14. The Bertz CT molecular complexity index is 1150. The van der Waals surface area contributed by atoms with Gasteiger partial charge in [-0.25, -0.2) is 0 Å². The first kappa shape index (κ1) is 27.6. The van der Waals surface area contributed by atoms with Crippen LogP contribution in [0.4, 0.5) is 45.2 Å². The van der Waals surface area contributed by atoms with Crippen LogP contribution < -0.4 is 10.2 Å². The first-order valence-electron chi connectivity index (χ1n) is 11.2. The Morgan fingerprint density at radius 3 is 2.03 bits per heavy atom. The fourth-order valence-electron chi connectivity index (χ4n) is 5.52. The van der Waals surface area contributed by atoms with Gasteiger partial charge in [0.05, 0.1) is 16.7 Å². The number of halogens is 10. The molecule has 4 rings (SSSR count). The molecule has 0 radical (unpaired) electrons. The standard InChI is InChI=1S/C24H20ClF9N2O/c25-13-4-5-17-16(12-13)21(8-10-35-11-9-21)18(6-7-22(26,27)28)36(17)20(37)19-14(23(29,30)31)2-1-3-15(19)24(32,33)34/h1-5,12,18,35H,6-11H2. The summed E-state index contributed by atoms with van der Waals surface area (Å²) in [5.41, 5.74) is -6.13. The molecular formula is C24H20ClF9N2O. The van der Waals surface area contributed by atoms with Gasteiger partial charge in [0.2, 0.25) is 0 Å². The van der Waals surface area contributed by atoms with E-state index in [0.717, 1.165) is 0 Å². The van der Waals surface area contributed by atoms with E-state index in [4.69, 9.17) is 11.6 Å². The molecule has 1 unspecified atom stereocenters. The quantitative estimate of drug-likeness (QED) is 0.399. The average Bonchev–Trinajstić information content (AvgIpc) is 3.04. The smallest absolute Gasteiger partial charge is 0.317 e. The maximum Gasteiger partial charge on any atom is 0.417 e. The second-order valence-electron chi connectivity index (χ2n) is 9.14. The molecule has 2 heterocycles. The average molecular weight is 559 g/mol. The summed E-state index contributed by atoms with van der Waals surface area (Å²) in [4.78, 5) is 14.5. The maximum absolute atomic E-state index is 13.8. The van der Waals surface area contributed by atoms with E-state index < -0.39 is 65.4 Å². The SMILES string of the molecule is O=C(c1c(C(F)(F)F)cccc1C(F)(F)F)N1c2ccc(Cl)cc2C2(CCNCC2)C1CCC(F)(F)F. The highest BCUT2D eigenvalue weighted by Gasteiger charge is 2.55. The summed E-state index contributed by atoms with van der Waals surface area (Å²) in [5.74, 6) is -1.66. The second kappa shape index (κ2) is 9.37. The lowest BCUT2D eigenvalue weighted by atomic mass is 9.68. The number of nitrogens with one attached hydrogen (secondary N) is 1. The zero-order valence-corrected chi connectivity index (χ0v) is 19.7. The third-order valence-electron chi connectivity index (χ3n) is 7.01. The highest BCUT2D eigenvalue weighted by atomic mass is 35.5. The van der Waals surface area contributed by atoms with Crippen LogP contribution in [0.5, 0.6) is 0 Å². The Morgan fingerprint density at radius 1 is 0.946 bits per heavy atom. The predicted octanol–water partition coefficient (Wildman–Crippen LogP) is 7.37. The first-order chi connectivity index (χ1) is 17.1. The monoisotopic (exact) mass is 558 g/mol. The van der Waals surface area contributed by atoms with Gasteiger partial charge in [-0.1, -0.05) is 17.7 Å². The Hall–Kier alpha value is -2.47. The largest absolute Gasteiger partial charge is 0.417 e. The highest BCUT2D eigenvalue weighted by molar-refractivity contribution is 6.30. The molecular weight excluding hydrogens is 539 g/mol. The van der Waals surface area contributed by atoms with Crippen molar-refractivity contribution in [3.63, 3.8) is 0 Å². The number of piperidine rings is 1. The number of hydrogen-bond donors (Lipinski definition) is 1. The van der Waals surface area contributed by atoms with Crippen molar-refractivity contribution in [2.45, 2.75) is 55.7 Å². The van der Waals surface area contributed by atoms with Crippen molar-refractivity contribution in [1.29, 1.82) is 0 Å². The lowest BCUT2D eigenvalue weighted by molar-refractivity contribution is -0.143. The number of nitrogens with zero attached hydrogens (tertiary/aromatic N) is 1. The number of anilines is 1. The van der Waals surface area contributed by atoms with E-state index in [1.54, 1.807) is 0 Å². The van der Waals surface area contributed by atoms with E-state index in [9.17, 15) is 44.3 Å². The van der Waals surface area contributed by atoms with Crippen LogP contribution in [0.15, 0.2) is 36.4 Å². The number of carbonyl (C=O) groups is 1. The highest BCUT2D eigenvalue weighted by Crippen LogP contribution is 2.54. The van der Waals surface area contributed by atoms with E-state index in [0.29, 0.717) is 41.8 Å². The number of fused-ring (bicyclic) bond motifs is 2. The zero-order valence-electron chi connectivity index (χ0n) is 18.9. The number of carbonyl (C=O) groups excluding carboxylic acids is 1. The molecule has 0 aromatic heterocycles. The number of alkyl halides is 9. The van der Waals surface area contributed by atoms with Crippen LogP contribution in [-0.2, 0) is 17.8 Å². The van der Waals surface area contributed by atoms with Gasteiger partial charge in [0, 0.05) is 28.6 Å². The summed E-state index contributed by atoms with van der Waals surface area (Å²) in [6, 6.07) is 3.88. The minimum absolute atomic E-state index is 0.0476. The summed E-state index contributed by atoms with van der Waals surface area (Å²) in [7, 11) is 0. The molecule has 1 spiro atoms. The van der Waals surface area contributed by atoms with Crippen molar-refractivity contribution in [1.82, 2.24) is 5.32 Å². The van der Waals surface area contributed by atoms with Gasteiger partial charge in [-0.15, -0.1) is 0 Å². The van der Waals surface area contributed by atoms with Gasteiger partial charge in [0.15, 0.2) is 0 Å². The molecule has 202 valence electrons. The molecule has 0 aliphatic carbocycles. The van der Waals surface area contributed by atoms with Crippen LogP contribution in [-0.4, -0.2) is 31.2 Å². The van der Waals surface area contributed by atoms with Gasteiger partial charge in [-0.2, -0.15) is 39.5 Å². The molecule has 37 heavy (non-hydrogen) atoms. The third kappa shape index (κ3) is 5.14. The molecule has 2 aromatic rings. The molecule has 1 N–H and O–H groups in total. The van der Waals surface area contributed by atoms with Crippen molar-refractivity contribution in [3.8, 4) is 0 Å². The lowest BCUT2D eigenvalue weighted by Crippen LogP contribution is -2.52. The maximum atomic E-state index is 13.8. The zero-order chi connectivity index (χ0) is 27.4. The van der Waals surface area contributed by atoms with Gasteiger partial charge in [0.1, 0.15) is 0 Å². The fourth-order valence-corrected chi connectivity index (χ4v) is 5.69. The normalized spacial score (nSPS) is 19.8. The summed E-state index contributed by atoms with van der Waals surface area (Å²) in [5, 5.41) is 3.23. The van der Waals surface area contributed by atoms with Crippen LogP contribution in [0.3, 0.4) is 0 Å². The Kier molecular flexibility index (Phi) is 6.98. The van der Waals surface area contributed by atoms with E-state index in [1.165, 1.54) is 18.2 Å². The minimum atomic E-state index is -5.33. The Balaban J connectivity index is 1.97. The molecule has 0 bridgehead atoms. The topological polar surface area (TPSA) is 32.3 Å². The molecule has 1 saturated heterocycles. The molecule has 13 heteroatoms. The lowest BCUT2D eigenvalue weighted by Gasteiger charge is -2.42. The molecule has 1 atom stereocenters. The Morgan fingerprint density at radius 2 is 1.51 bits per heavy atom. The molecule has 3 nitrogen and oxygen atoms in total. The van der Waals surface area contributed by atoms with Gasteiger partial charge in [-0.05, 0) is 68.2 Å². The summed E-state index contributed by atoms with van der Waals surface area (Å²) in [6.07, 6.45) is -17.0. The van der Waals surface area contributed by atoms with Crippen LogP contribution >= 0.6 is 11.6 Å². The number of amides is 1. The van der Waals surface area contributed by atoms with Gasteiger partial charge in [0.25, 0.3) is 5.91 Å². The predicted molar refractivity (Wildman–Crippen MR) is 118 cm³/mol. The number of benzene rings is 2. The third-order valence-corrected chi connectivity index (χ3v) is 7.24. The number of hydrogen-bond acceptors (Lipinski definition) is 2. The second-order valence-corrected chi connectivity index (χ2v) is 9.57. The molecule has 2 aromatic carbocycles. The molecule has 2 aliphatic rings. The van der Waals surface area contributed by atoms with Gasteiger partial charge >= 0.3 is 18.5 Å². The van der Waals surface area contributed by atoms with Gasteiger partial charge in [-0.3, -0.25) is 4.79 Å². The fraction of sp³-hybridized carbons (Fsp3) is 0.458. The van der Waals surface area contributed by atoms with Crippen LogP contribution in [0.25, 0.3) is 0 Å². The van der Waals surface area contributed by atoms with Crippen molar-refractivity contribution in [2.75, 3.05) is 18.0 Å². The number of rotatable bonds is 3. The van der Waals surface area contributed by atoms with Crippen LogP contribution in [0.2, 0.25) is 5.02 Å². The van der Waals surface area contributed by atoms with Crippen molar-refractivity contribution in [3.05, 3.63) is 63.7 Å².